The maximum Gasteiger partial charge on any atom is 0.407 e. The number of halogens is 1. The standard InChI is InChI=1S/C21H30ClN5O3/c1-12-11-23-14(8-16(12)22)9-19(28)24-18-10-17(26-27-18)13-3-4-15(7-13)30-20(29)25-21(2)5-6-21/h8,11,13,15,17-18,26-27H,3-7,9-10H2,1-2H3,(H,24,28)(H,25,29)/t13-,15+,17?,18?/m0/s1. The second-order valence-corrected chi connectivity index (χ2v) is 9.55. The lowest BCUT2D eigenvalue weighted by molar-refractivity contribution is -0.121. The van der Waals surface area contributed by atoms with Crippen molar-refractivity contribution in [2.45, 2.75) is 82.6 Å². The molecule has 3 fully saturated rings. The van der Waals surface area contributed by atoms with Gasteiger partial charge in [-0.3, -0.25) is 15.2 Å². The van der Waals surface area contributed by atoms with Gasteiger partial charge >= 0.3 is 6.09 Å². The first-order chi connectivity index (χ1) is 14.3. The maximum absolute atomic E-state index is 12.4. The van der Waals surface area contributed by atoms with Gasteiger partial charge in [-0.2, -0.15) is 0 Å². The Morgan fingerprint density at radius 3 is 2.83 bits per heavy atom. The fourth-order valence-corrected chi connectivity index (χ4v) is 4.39. The monoisotopic (exact) mass is 435 g/mol. The van der Waals surface area contributed by atoms with Crippen LogP contribution in [0.4, 0.5) is 4.79 Å². The van der Waals surface area contributed by atoms with Crippen LogP contribution in [0.2, 0.25) is 5.02 Å². The van der Waals surface area contributed by atoms with Crippen LogP contribution in [0.15, 0.2) is 12.3 Å². The summed E-state index contributed by atoms with van der Waals surface area (Å²) in [5.74, 6) is 0.312. The number of pyridine rings is 1. The van der Waals surface area contributed by atoms with Gasteiger partial charge in [0.2, 0.25) is 5.91 Å². The topological polar surface area (TPSA) is 104 Å². The summed E-state index contributed by atoms with van der Waals surface area (Å²) in [6.07, 6.45) is 6.95. The quantitative estimate of drug-likeness (QED) is 0.546. The van der Waals surface area contributed by atoms with Crippen LogP contribution in [-0.2, 0) is 16.0 Å². The first-order valence-electron chi connectivity index (χ1n) is 10.7. The number of nitrogens with one attached hydrogen (secondary N) is 4. The molecule has 4 atom stereocenters. The van der Waals surface area contributed by atoms with Crippen molar-refractivity contribution in [2.24, 2.45) is 5.92 Å². The van der Waals surface area contributed by atoms with Crippen LogP contribution < -0.4 is 21.5 Å². The Hall–Kier alpha value is -1.90. The van der Waals surface area contributed by atoms with E-state index < -0.39 is 0 Å². The predicted molar refractivity (Wildman–Crippen MR) is 113 cm³/mol. The van der Waals surface area contributed by atoms with Crippen molar-refractivity contribution in [1.29, 1.82) is 0 Å². The molecule has 2 aliphatic carbocycles. The first kappa shape index (κ1) is 21.3. The number of carbonyl (C=O) groups is 2. The number of amides is 2. The minimum absolute atomic E-state index is 0.0369. The second-order valence-electron chi connectivity index (χ2n) is 9.14. The van der Waals surface area contributed by atoms with Gasteiger partial charge in [-0.25, -0.2) is 10.2 Å². The second kappa shape index (κ2) is 8.69. The van der Waals surface area contributed by atoms with Crippen LogP contribution in [0.3, 0.4) is 0 Å². The zero-order valence-electron chi connectivity index (χ0n) is 17.5. The minimum Gasteiger partial charge on any atom is -0.446 e. The smallest absolute Gasteiger partial charge is 0.407 e. The van der Waals surface area contributed by atoms with E-state index in [4.69, 9.17) is 16.3 Å². The van der Waals surface area contributed by atoms with Crippen LogP contribution in [-0.4, -0.2) is 40.8 Å². The van der Waals surface area contributed by atoms with Gasteiger partial charge in [-0.1, -0.05) is 11.6 Å². The number of aromatic nitrogens is 1. The van der Waals surface area contributed by atoms with E-state index in [2.05, 4.69) is 26.5 Å². The van der Waals surface area contributed by atoms with Gasteiger partial charge in [0.25, 0.3) is 0 Å². The molecule has 3 aliphatic rings. The molecule has 30 heavy (non-hydrogen) atoms. The van der Waals surface area contributed by atoms with Crippen molar-refractivity contribution in [3.8, 4) is 0 Å². The van der Waals surface area contributed by atoms with E-state index in [1.165, 1.54) is 0 Å². The molecule has 0 aromatic carbocycles. The number of aryl methyl sites for hydroxylation is 1. The van der Waals surface area contributed by atoms with Gasteiger partial charge in [0.15, 0.2) is 0 Å². The summed E-state index contributed by atoms with van der Waals surface area (Å²) in [4.78, 5) is 28.6. The van der Waals surface area contributed by atoms with E-state index in [0.29, 0.717) is 16.6 Å². The van der Waals surface area contributed by atoms with E-state index in [-0.39, 0.29) is 42.3 Å². The highest BCUT2D eigenvalue weighted by atomic mass is 35.5. The molecule has 1 aromatic heterocycles. The molecule has 1 aromatic rings. The van der Waals surface area contributed by atoms with Crippen LogP contribution in [0.5, 0.6) is 0 Å². The van der Waals surface area contributed by atoms with Gasteiger partial charge in [-0.15, -0.1) is 0 Å². The molecule has 2 amide bonds. The van der Waals surface area contributed by atoms with Crippen LogP contribution in [0, 0.1) is 12.8 Å². The number of rotatable bonds is 6. The Labute approximate surface area is 181 Å². The Balaban J connectivity index is 1.19. The van der Waals surface area contributed by atoms with Crippen molar-refractivity contribution in [2.75, 3.05) is 0 Å². The molecule has 8 nitrogen and oxygen atoms in total. The third-order valence-electron chi connectivity index (χ3n) is 6.38. The summed E-state index contributed by atoms with van der Waals surface area (Å²) >= 11 is 6.11. The molecule has 4 rings (SSSR count). The van der Waals surface area contributed by atoms with Crippen molar-refractivity contribution < 1.29 is 14.3 Å². The van der Waals surface area contributed by atoms with E-state index in [0.717, 1.165) is 44.1 Å². The maximum atomic E-state index is 12.4. The molecule has 4 N–H and O–H groups in total. The third kappa shape index (κ3) is 5.42. The Bertz CT molecular complexity index is 816. The normalized spacial score (nSPS) is 29.4. The Kier molecular flexibility index (Phi) is 6.18. The van der Waals surface area contributed by atoms with Crippen molar-refractivity contribution in [1.82, 2.24) is 26.5 Å². The molecule has 0 spiro atoms. The lowest BCUT2D eigenvalue weighted by Gasteiger charge is -2.19. The highest BCUT2D eigenvalue weighted by Gasteiger charge is 2.41. The molecule has 2 heterocycles. The number of ether oxygens (including phenoxy) is 1. The SMILES string of the molecule is Cc1cnc(CC(=O)NC2CC([C@H]3CC[C@@H](OC(=O)NC4(C)CC4)C3)NN2)cc1Cl. The molecule has 2 saturated carbocycles. The lowest BCUT2D eigenvalue weighted by atomic mass is 9.96. The summed E-state index contributed by atoms with van der Waals surface area (Å²) in [6.45, 7) is 3.92. The first-order valence-corrected chi connectivity index (χ1v) is 11.1. The Morgan fingerprint density at radius 2 is 2.10 bits per heavy atom. The minimum atomic E-state index is -0.298. The zero-order chi connectivity index (χ0) is 21.3. The highest BCUT2D eigenvalue weighted by molar-refractivity contribution is 6.31. The van der Waals surface area contributed by atoms with Gasteiger partial charge in [0.1, 0.15) is 6.10 Å². The van der Waals surface area contributed by atoms with Crippen molar-refractivity contribution in [3.63, 3.8) is 0 Å². The fourth-order valence-electron chi connectivity index (χ4n) is 4.22. The summed E-state index contributed by atoms with van der Waals surface area (Å²) in [6, 6.07) is 1.97. The van der Waals surface area contributed by atoms with Crippen molar-refractivity contribution in [3.05, 3.63) is 28.5 Å². The molecule has 1 aliphatic heterocycles. The van der Waals surface area contributed by atoms with Crippen LogP contribution in [0.25, 0.3) is 0 Å². The zero-order valence-corrected chi connectivity index (χ0v) is 18.2. The van der Waals surface area contributed by atoms with Gasteiger partial charge < -0.3 is 15.4 Å². The molecule has 164 valence electrons. The molecule has 0 radical (unpaired) electrons. The predicted octanol–water partition coefficient (Wildman–Crippen LogP) is 2.34. The Morgan fingerprint density at radius 1 is 1.30 bits per heavy atom. The average molecular weight is 436 g/mol. The highest BCUT2D eigenvalue weighted by Crippen LogP contribution is 2.36. The number of hydrogen-bond donors (Lipinski definition) is 4. The lowest BCUT2D eigenvalue weighted by Crippen LogP contribution is -2.45. The molecular formula is C21H30ClN5O3. The fraction of sp³-hybridized carbons (Fsp3) is 0.667. The summed E-state index contributed by atoms with van der Waals surface area (Å²) in [5, 5.41) is 6.56. The average Bonchev–Trinajstić information content (AvgIpc) is 3.07. The van der Waals surface area contributed by atoms with Crippen LogP contribution in [0.1, 0.15) is 56.7 Å². The number of nitrogens with zero attached hydrogens (tertiary/aromatic N) is 1. The van der Waals surface area contributed by atoms with E-state index in [1.54, 1.807) is 12.3 Å². The summed E-state index contributed by atoms with van der Waals surface area (Å²) in [7, 11) is 0. The van der Waals surface area contributed by atoms with E-state index >= 15 is 0 Å². The van der Waals surface area contributed by atoms with Gasteiger partial charge in [-0.05, 0) is 69.9 Å². The van der Waals surface area contributed by atoms with Crippen LogP contribution >= 0.6 is 11.6 Å². The molecular weight excluding hydrogens is 406 g/mol. The summed E-state index contributed by atoms with van der Waals surface area (Å²) < 4.78 is 5.61. The van der Waals surface area contributed by atoms with E-state index in [1.807, 2.05) is 13.8 Å². The van der Waals surface area contributed by atoms with Crippen molar-refractivity contribution >= 4 is 23.6 Å². The summed E-state index contributed by atoms with van der Waals surface area (Å²) in [5.41, 5.74) is 7.95. The molecule has 2 unspecified atom stereocenters. The third-order valence-corrected chi connectivity index (χ3v) is 6.78. The van der Waals surface area contributed by atoms with Gasteiger partial charge in [0, 0.05) is 22.8 Å². The molecule has 0 bridgehead atoms. The van der Waals surface area contributed by atoms with Gasteiger partial charge in [0.05, 0.1) is 18.3 Å². The number of hydrogen-bond acceptors (Lipinski definition) is 6. The number of alkyl carbamates (subject to hydrolysis) is 1. The number of hydrazine groups is 1. The largest absolute Gasteiger partial charge is 0.446 e. The van der Waals surface area contributed by atoms with E-state index in [9.17, 15) is 9.59 Å². The number of carbonyl (C=O) groups excluding carboxylic acids is 2. The molecule has 9 heteroatoms. The molecule has 1 saturated heterocycles.